The Balaban J connectivity index is 2.57. The molecule has 2 rings (SSSR count). The zero-order chi connectivity index (χ0) is 11.6. The van der Waals surface area contributed by atoms with E-state index in [4.69, 9.17) is 0 Å². The minimum absolute atomic E-state index is 0.170. The molecule has 5 nitrogen and oxygen atoms in total. The van der Waals surface area contributed by atoms with Gasteiger partial charge in [0.25, 0.3) is 0 Å². The van der Waals surface area contributed by atoms with Crippen LogP contribution in [0.3, 0.4) is 0 Å². The quantitative estimate of drug-likeness (QED) is 0.781. The summed E-state index contributed by atoms with van der Waals surface area (Å²) < 4.78 is 1.39. The Labute approximate surface area is 92.4 Å². The maximum atomic E-state index is 11.5. The second-order valence-corrected chi connectivity index (χ2v) is 3.83. The molecular formula is C11H13N3O2. The molecule has 0 fully saturated rings. The average Bonchev–Trinajstić information content (AvgIpc) is 2.76. The molecule has 1 unspecified atom stereocenters. The van der Waals surface area contributed by atoms with E-state index in [1.165, 1.54) is 10.9 Å². The maximum Gasteiger partial charge on any atom is 0.343 e. The predicted molar refractivity (Wildman–Crippen MR) is 59.1 cm³/mol. The lowest BCUT2D eigenvalue weighted by molar-refractivity contribution is 0.178. The van der Waals surface area contributed by atoms with Gasteiger partial charge in [0.2, 0.25) is 0 Å². The zero-order valence-electron chi connectivity index (χ0n) is 8.92. The Morgan fingerprint density at radius 1 is 1.44 bits per heavy atom. The number of aromatic nitrogens is 3. The second kappa shape index (κ2) is 3.94. The summed E-state index contributed by atoms with van der Waals surface area (Å²) in [6.45, 7) is 1.62. The van der Waals surface area contributed by atoms with Crippen molar-refractivity contribution in [2.75, 3.05) is 6.61 Å². The molecule has 1 heterocycles. The monoisotopic (exact) mass is 219 g/mol. The summed E-state index contributed by atoms with van der Waals surface area (Å²) in [5.74, 6) is 0. The molecule has 1 aromatic carbocycles. The van der Waals surface area contributed by atoms with Crippen molar-refractivity contribution in [3.63, 3.8) is 0 Å². The fourth-order valence-electron chi connectivity index (χ4n) is 1.70. The molecule has 0 aliphatic heterocycles. The Kier molecular flexibility index (Phi) is 2.62. The normalized spacial score (nSPS) is 14.6. The van der Waals surface area contributed by atoms with E-state index in [2.05, 4.69) is 10.2 Å². The number of nitrogens with one attached hydrogen (secondary N) is 1. The molecule has 0 radical (unpaired) electrons. The molecule has 1 atom stereocenters. The van der Waals surface area contributed by atoms with Crippen molar-refractivity contribution in [1.82, 2.24) is 14.8 Å². The first kappa shape index (κ1) is 10.6. The minimum Gasteiger partial charge on any atom is -0.394 e. The number of benzene rings is 1. The van der Waals surface area contributed by atoms with Crippen molar-refractivity contribution in [3.05, 3.63) is 52.7 Å². The van der Waals surface area contributed by atoms with E-state index < -0.39 is 5.54 Å². The van der Waals surface area contributed by atoms with Crippen molar-refractivity contribution < 1.29 is 5.11 Å². The van der Waals surface area contributed by atoms with E-state index in [1.54, 1.807) is 6.92 Å². The number of aromatic amines is 1. The van der Waals surface area contributed by atoms with Crippen LogP contribution in [0.2, 0.25) is 0 Å². The number of aliphatic hydroxyl groups excluding tert-OH is 1. The summed E-state index contributed by atoms with van der Waals surface area (Å²) in [4.78, 5) is 11.5. The van der Waals surface area contributed by atoms with E-state index in [0.29, 0.717) is 0 Å². The number of nitrogens with zero attached hydrogens (tertiary/aromatic N) is 2. The van der Waals surface area contributed by atoms with Gasteiger partial charge in [-0.3, -0.25) is 4.57 Å². The smallest absolute Gasteiger partial charge is 0.343 e. The Morgan fingerprint density at radius 3 is 2.62 bits per heavy atom. The van der Waals surface area contributed by atoms with Gasteiger partial charge in [-0.05, 0) is 12.5 Å². The summed E-state index contributed by atoms with van der Waals surface area (Å²) in [6, 6.07) is 9.37. The van der Waals surface area contributed by atoms with Crippen molar-refractivity contribution in [2.45, 2.75) is 12.5 Å². The summed E-state index contributed by atoms with van der Waals surface area (Å²) in [5.41, 5.74) is -0.257. The van der Waals surface area contributed by atoms with Crippen LogP contribution in [0.25, 0.3) is 0 Å². The van der Waals surface area contributed by atoms with Crippen molar-refractivity contribution in [3.8, 4) is 0 Å². The number of hydrogen-bond acceptors (Lipinski definition) is 3. The molecule has 84 valence electrons. The van der Waals surface area contributed by atoms with Crippen LogP contribution in [0.5, 0.6) is 0 Å². The molecule has 16 heavy (non-hydrogen) atoms. The largest absolute Gasteiger partial charge is 0.394 e. The third-order valence-electron chi connectivity index (χ3n) is 2.79. The zero-order valence-corrected chi connectivity index (χ0v) is 8.92. The highest BCUT2D eigenvalue weighted by molar-refractivity contribution is 5.24. The van der Waals surface area contributed by atoms with Crippen LogP contribution in [0.15, 0.2) is 41.5 Å². The fourth-order valence-corrected chi connectivity index (χ4v) is 1.70. The highest BCUT2D eigenvalue weighted by atomic mass is 16.3. The molecule has 1 aromatic heterocycles. The van der Waals surface area contributed by atoms with Gasteiger partial charge >= 0.3 is 5.69 Å². The van der Waals surface area contributed by atoms with Gasteiger partial charge in [0.1, 0.15) is 6.33 Å². The van der Waals surface area contributed by atoms with Gasteiger partial charge in [-0.25, -0.2) is 9.89 Å². The second-order valence-electron chi connectivity index (χ2n) is 3.83. The molecule has 0 saturated carbocycles. The van der Waals surface area contributed by atoms with Crippen LogP contribution in [-0.4, -0.2) is 26.5 Å². The Hall–Kier alpha value is -1.88. The molecule has 0 amide bonds. The van der Waals surface area contributed by atoms with E-state index in [1.807, 2.05) is 30.3 Å². The van der Waals surface area contributed by atoms with Crippen LogP contribution < -0.4 is 5.69 Å². The van der Waals surface area contributed by atoms with Crippen LogP contribution in [-0.2, 0) is 5.54 Å². The van der Waals surface area contributed by atoms with Gasteiger partial charge in [0.15, 0.2) is 0 Å². The predicted octanol–water partition coefficient (Wildman–Crippen LogP) is 0.327. The van der Waals surface area contributed by atoms with Crippen LogP contribution in [0.4, 0.5) is 0 Å². The Bertz CT molecular complexity index is 517. The van der Waals surface area contributed by atoms with Crippen LogP contribution >= 0.6 is 0 Å². The first-order valence-electron chi connectivity index (χ1n) is 4.97. The number of H-pyrrole nitrogens is 1. The summed E-state index contributed by atoms with van der Waals surface area (Å²) in [6.07, 6.45) is 1.39. The lowest BCUT2D eigenvalue weighted by atomic mass is 9.93. The first-order valence-corrected chi connectivity index (χ1v) is 4.97. The third kappa shape index (κ3) is 1.55. The van der Waals surface area contributed by atoms with Gasteiger partial charge in [-0.1, -0.05) is 30.3 Å². The molecule has 2 aromatic rings. The highest BCUT2D eigenvalue weighted by Gasteiger charge is 2.29. The molecule has 0 aliphatic rings. The van der Waals surface area contributed by atoms with Gasteiger partial charge in [-0.15, -0.1) is 0 Å². The lowest BCUT2D eigenvalue weighted by Crippen LogP contribution is -2.41. The van der Waals surface area contributed by atoms with Gasteiger partial charge in [0.05, 0.1) is 12.1 Å². The van der Waals surface area contributed by atoms with Crippen molar-refractivity contribution in [1.29, 1.82) is 0 Å². The Morgan fingerprint density at radius 2 is 2.12 bits per heavy atom. The third-order valence-corrected chi connectivity index (χ3v) is 2.79. The molecule has 2 N–H and O–H groups in total. The van der Waals surface area contributed by atoms with E-state index in [-0.39, 0.29) is 12.3 Å². The van der Waals surface area contributed by atoms with Gasteiger partial charge in [-0.2, -0.15) is 5.10 Å². The standard InChI is InChI=1S/C11H13N3O2/c1-11(7-15,9-5-3-2-4-6-9)14-8-12-13-10(14)16/h2-6,8,15H,7H2,1H3,(H,13,16). The maximum absolute atomic E-state index is 11.5. The van der Waals surface area contributed by atoms with Crippen molar-refractivity contribution in [2.24, 2.45) is 0 Å². The number of hydrogen-bond donors (Lipinski definition) is 2. The van der Waals surface area contributed by atoms with Crippen LogP contribution in [0.1, 0.15) is 12.5 Å². The van der Waals surface area contributed by atoms with Crippen LogP contribution in [0, 0.1) is 0 Å². The topological polar surface area (TPSA) is 70.9 Å². The number of aliphatic hydroxyl groups is 1. The lowest BCUT2D eigenvalue weighted by Gasteiger charge is -2.28. The molecule has 0 saturated heterocycles. The highest BCUT2D eigenvalue weighted by Crippen LogP contribution is 2.23. The van der Waals surface area contributed by atoms with E-state index in [9.17, 15) is 9.90 Å². The summed E-state index contributed by atoms with van der Waals surface area (Å²) in [7, 11) is 0. The van der Waals surface area contributed by atoms with Gasteiger partial charge < -0.3 is 5.11 Å². The minimum atomic E-state index is -0.786. The van der Waals surface area contributed by atoms with Crippen molar-refractivity contribution >= 4 is 0 Å². The van der Waals surface area contributed by atoms with E-state index in [0.717, 1.165) is 5.56 Å². The molecular weight excluding hydrogens is 206 g/mol. The summed E-state index contributed by atoms with van der Waals surface area (Å²) >= 11 is 0. The molecule has 0 spiro atoms. The van der Waals surface area contributed by atoms with Gasteiger partial charge in [0, 0.05) is 0 Å². The summed E-state index contributed by atoms with van der Waals surface area (Å²) in [5, 5.41) is 15.5. The molecule has 0 aliphatic carbocycles. The molecule has 5 heteroatoms. The van der Waals surface area contributed by atoms with E-state index >= 15 is 0 Å². The number of rotatable bonds is 3. The average molecular weight is 219 g/mol. The fraction of sp³-hybridized carbons (Fsp3) is 0.273. The molecule has 0 bridgehead atoms. The first-order chi connectivity index (χ1) is 7.68. The SMILES string of the molecule is CC(CO)(c1ccccc1)n1cn[nH]c1=O.